The van der Waals surface area contributed by atoms with Crippen molar-refractivity contribution >= 4 is 35.1 Å². The first-order valence-corrected chi connectivity index (χ1v) is 8.33. The maximum atomic E-state index is 12.4. The number of nitrogens with one attached hydrogen (secondary N) is 1. The number of halogens is 1. The number of amides is 1. The number of hydrogen-bond donors (Lipinski definition) is 1. The first kappa shape index (κ1) is 15.1. The zero-order valence-electron chi connectivity index (χ0n) is 11.8. The van der Waals surface area contributed by atoms with Gasteiger partial charge in [0.1, 0.15) is 0 Å². The van der Waals surface area contributed by atoms with Gasteiger partial charge < -0.3 is 5.32 Å². The second-order valence-corrected chi connectivity index (χ2v) is 6.56. The quantitative estimate of drug-likeness (QED) is 0.926. The third kappa shape index (κ3) is 3.18. The Hall–Kier alpha value is -1.78. The molecular formula is C17H14ClNO2S. The van der Waals surface area contributed by atoms with E-state index in [0.29, 0.717) is 29.1 Å². The molecule has 22 heavy (non-hydrogen) atoms. The van der Waals surface area contributed by atoms with Crippen LogP contribution in [0.2, 0.25) is 5.02 Å². The summed E-state index contributed by atoms with van der Waals surface area (Å²) in [6, 6.07) is 12.7. The lowest BCUT2D eigenvalue weighted by atomic mass is 10.0. The first-order valence-electron chi connectivity index (χ1n) is 6.97. The molecule has 2 aromatic rings. The van der Waals surface area contributed by atoms with Gasteiger partial charge in [0, 0.05) is 34.2 Å². The lowest BCUT2D eigenvalue weighted by molar-refractivity contribution is 0.0947. The summed E-state index contributed by atoms with van der Waals surface area (Å²) >= 11 is 7.50. The van der Waals surface area contributed by atoms with E-state index in [9.17, 15) is 9.59 Å². The molecule has 0 bridgehead atoms. The number of ketones is 1. The lowest BCUT2D eigenvalue weighted by Gasteiger charge is -2.17. The molecule has 0 saturated heterocycles. The van der Waals surface area contributed by atoms with Crippen LogP contribution in [0.25, 0.3) is 0 Å². The Morgan fingerprint density at radius 1 is 1.23 bits per heavy atom. The van der Waals surface area contributed by atoms with Crippen molar-refractivity contribution in [1.82, 2.24) is 5.32 Å². The largest absolute Gasteiger partial charge is 0.348 e. The van der Waals surface area contributed by atoms with Gasteiger partial charge in [-0.15, -0.1) is 11.8 Å². The molecule has 1 N–H and O–H groups in total. The van der Waals surface area contributed by atoms with Gasteiger partial charge in [0.2, 0.25) is 0 Å². The number of rotatable bonds is 3. The van der Waals surface area contributed by atoms with E-state index >= 15 is 0 Å². The van der Waals surface area contributed by atoms with Crippen molar-refractivity contribution in [3.8, 4) is 0 Å². The average molecular weight is 332 g/mol. The lowest BCUT2D eigenvalue weighted by Crippen LogP contribution is -2.24. The molecule has 3 nitrogen and oxygen atoms in total. The molecule has 3 rings (SSSR count). The molecular weight excluding hydrogens is 318 g/mol. The van der Waals surface area contributed by atoms with Gasteiger partial charge in [-0.05, 0) is 23.8 Å². The Balaban J connectivity index is 1.78. The van der Waals surface area contributed by atoms with Gasteiger partial charge in [0.15, 0.2) is 5.78 Å². The van der Waals surface area contributed by atoms with E-state index in [1.807, 2.05) is 18.2 Å². The number of benzene rings is 2. The van der Waals surface area contributed by atoms with E-state index in [4.69, 9.17) is 11.6 Å². The highest BCUT2D eigenvalue weighted by atomic mass is 35.5. The number of Topliss-reactive ketones (excluding diaryl/α,β-unsaturated/α-hetero) is 1. The predicted octanol–water partition coefficient (Wildman–Crippen LogP) is 3.95. The topological polar surface area (TPSA) is 46.2 Å². The third-order valence-corrected chi connectivity index (χ3v) is 4.85. The molecule has 1 aliphatic heterocycles. The van der Waals surface area contributed by atoms with Crippen LogP contribution in [0.4, 0.5) is 0 Å². The summed E-state index contributed by atoms with van der Waals surface area (Å²) in [6.07, 6.45) is 0.533. The fourth-order valence-electron chi connectivity index (χ4n) is 2.40. The molecule has 1 heterocycles. The zero-order chi connectivity index (χ0) is 15.5. The van der Waals surface area contributed by atoms with Crippen molar-refractivity contribution in [3.63, 3.8) is 0 Å². The summed E-state index contributed by atoms with van der Waals surface area (Å²) in [5.41, 5.74) is 2.17. The second kappa shape index (κ2) is 6.55. The molecule has 112 valence electrons. The molecule has 0 aliphatic carbocycles. The van der Waals surface area contributed by atoms with Gasteiger partial charge in [0.05, 0.1) is 5.56 Å². The van der Waals surface area contributed by atoms with Crippen molar-refractivity contribution in [2.24, 2.45) is 0 Å². The molecule has 0 saturated carbocycles. The average Bonchev–Trinajstić information content (AvgIpc) is 2.53. The molecule has 5 heteroatoms. The molecule has 0 fully saturated rings. The molecule has 0 aromatic heterocycles. The SMILES string of the molecule is O=C1CCSc2c1cccc2C(=O)NCc1cccc(Cl)c1. The standard InChI is InChI=1S/C17H14ClNO2S/c18-12-4-1-3-11(9-12)10-19-17(21)14-6-2-5-13-15(20)7-8-22-16(13)14/h1-6,9H,7-8,10H2,(H,19,21). The summed E-state index contributed by atoms with van der Waals surface area (Å²) in [5.74, 6) is 0.669. The number of carbonyl (C=O) groups is 2. The summed E-state index contributed by atoms with van der Waals surface area (Å²) < 4.78 is 0. The Labute approximate surface area is 138 Å². The van der Waals surface area contributed by atoms with E-state index in [1.165, 1.54) is 0 Å². The van der Waals surface area contributed by atoms with Crippen LogP contribution < -0.4 is 5.32 Å². The Morgan fingerprint density at radius 2 is 2.05 bits per heavy atom. The third-order valence-electron chi connectivity index (χ3n) is 3.48. The molecule has 0 spiro atoms. The minimum absolute atomic E-state index is 0.109. The number of hydrogen-bond acceptors (Lipinski definition) is 3. The van der Waals surface area contributed by atoms with Crippen molar-refractivity contribution in [3.05, 3.63) is 64.2 Å². The van der Waals surface area contributed by atoms with Crippen LogP contribution in [0, 0.1) is 0 Å². The Bertz CT molecular complexity index is 745. The Morgan fingerprint density at radius 3 is 2.86 bits per heavy atom. The normalized spacial score (nSPS) is 13.6. The van der Waals surface area contributed by atoms with Crippen molar-refractivity contribution in [2.75, 3.05) is 5.75 Å². The molecule has 0 unspecified atom stereocenters. The smallest absolute Gasteiger partial charge is 0.252 e. The molecule has 1 amide bonds. The van der Waals surface area contributed by atoms with E-state index in [-0.39, 0.29) is 11.7 Å². The first-order chi connectivity index (χ1) is 10.6. The summed E-state index contributed by atoms with van der Waals surface area (Å²) in [5, 5.41) is 3.53. The van der Waals surface area contributed by atoms with Gasteiger partial charge in [-0.1, -0.05) is 35.9 Å². The molecule has 2 aromatic carbocycles. The highest BCUT2D eigenvalue weighted by Gasteiger charge is 2.22. The zero-order valence-corrected chi connectivity index (χ0v) is 13.3. The summed E-state index contributed by atoms with van der Waals surface area (Å²) in [4.78, 5) is 25.1. The fraction of sp³-hybridized carbons (Fsp3) is 0.176. The van der Waals surface area contributed by atoms with Crippen LogP contribution in [0.5, 0.6) is 0 Å². The van der Waals surface area contributed by atoms with Crippen molar-refractivity contribution < 1.29 is 9.59 Å². The van der Waals surface area contributed by atoms with Crippen LogP contribution in [0.1, 0.15) is 32.7 Å². The predicted molar refractivity (Wildman–Crippen MR) is 88.7 cm³/mol. The van der Waals surface area contributed by atoms with E-state index in [1.54, 1.807) is 36.0 Å². The highest BCUT2D eigenvalue weighted by molar-refractivity contribution is 7.99. The minimum Gasteiger partial charge on any atom is -0.348 e. The van der Waals surface area contributed by atoms with E-state index in [2.05, 4.69) is 5.32 Å². The molecule has 0 atom stereocenters. The maximum Gasteiger partial charge on any atom is 0.252 e. The van der Waals surface area contributed by atoms with Crippen LogP contribution in [-0.4, -0.2) is 17.4 Å². The maximum absolute atomic E-state index is 12.4. The van der Waals surface area contributed by atoms with Gasteiger partial charge in [-0.25, -0.2) is 0 Å². The van der Waals surface area contributed by atoms with E-state index < -0.39 is 0 Å². The number of carbonyl (C=O) groups excluding carboxylic acids is 2. The fourth-order valence-corrected chi connectivity index (χ4v) is 3.75. The summed E-state index contributed by atoms with van der Waals surface area (Å²) in [7, 11) is 0. The van der Waals surface area contributed by atoms with E-state index in [0.717, 1.165) is 16.2 Å². The van der Waals surface area contributed by atoms with Crippen molar-refractivity contribution in [1.29, 1.82) is 0 Å². The van der Waals surface area contributed by atoms with Gasteiger partial charge in [-0.3, -0.25) is 9.59 Å². The number of fused-ring (bicyclic) bond motifs is 1. The van der Waals surface area contributed by atoms with Gasteiger partial charge in [0.25, 0.3) is 5.91 Å². The molecule has 1 aliphatic rings. The van der Waals surface area contributed by atoms with Crippen molar-refractivity contribution in [2.45, 2.75) is 17.9 Å². The summed E-state index contributed by atoms with van der Waals surface area (Å²) in [6.45, 7) is 0.404. The van der Waals surface area contributed by atoms with Gasteiger partial charge >= 0.3 is 0 Å². The number of thioether (sulfide) groups is 1. The van der Waals surface area contributed by atoms with Crippen LogP contribution in [0.3, 0.4) is 0 Å². The molecule has 0 radical (unpaired) electrons. The minimum atomic E-state index is -0.168. The van der Waals surface area contributed by atoms with Crippen LogP contribution in [-0.2, 0) is 6.54 Å². The van der Waals surface area contributed by atoms with Crippen LogP contribution in [0.15, 0.2) is 47.4 Å². The highest BCUT2D eigenvalue weighted by Crippen LogP contribution is 2.33. The Kier molecular flexibility index (Phi) is 4.50. The van der Waals surface area contributed by atoms with Crippen LogP contribution >= 0.6 is 23.4 Å². The van der Waals surface area contributed by atoms with Gasteiger partial charge in [-0.2, -0.15) is 0 Å². The second-order valence-electron chi connectivity index (χ2n) is 5.02. The monoisotopic (exact) mass is 331 g/mol.